The third-order valence-electron chi connectivity index (χ3n) is 3.22. The summed E-state index contributed by atoms with van der Waals surface area (Å²) in [4.78, 5) is 4.41. The first-order valence-corrected chi connectivity index (χ1v) is 5.63. The third kappa shape index (κ3) is 1.28. The second kappa shape index (κ2) is 3.44. The van der Waals surface area contributed by atoms with Gasteiger partial charge in [0.15, 0.2) is 0 Å². The molecule has 3 heteroatoms. The molecule has 0 aliphatic carbocycles. The van der Waals surface area contributed by atoms with Gasteiger partial charge in [-0.25, -0.2) is 9.37 Å². The molecule has 0 saturated carbocycles. The van der Waals surface area contributed by atoms with Gasteiger partial charge in [-0.1, -0.05) is 6.92 Å². The number of benzene rings is 1. The highest BCUT2D eigenvalue weighted by atomic mass is 19.1. The summed E-state index contributed by atoms with van der Waals surface area (Å²) in [6, 6.07) is 4.98. The zero-order valence-corrected chi connectivity index (χ0v) is 9.20. The van der Waals surface area contributed by atoms with Gasteiger partial charge in [-0.15, -0.1) is 0 Å². The van der Waals surface area contributed by atoms with Crippen LogP contribution in [0.1, 0.15) is 23.9 Å². The van der Waals surface area contributed by atoms with Gasteiger partial charge in [-0.3, -0.25) is 0 Å². The number of rotatable bonds is 1. The summed E-state index contributed by atoms with van der Waals surface area (Å²) in [5.41, 5.74) is 4.60. The lowest BCUT2D eigenvalue weighted by Crippen LogP contribution is -2.12. The number of halogens is 1. The van der Waals surface area contributed by atoms with Gasteiger partial charge in [0.25, 0.3) is 0 Å². The summed E-state index contributed by atoms with van der Waals surface area (Å²) >= 11 is 0. The Morgan fingerprint density at radius 2 is 2.25 bits per heavy atom. The van der Waals surface area contributed by atoms with E-state index in [9.17, 15) is 4.39 Å². The summed E-state index contributed by atoms with van der Waals surface area (Å²) in [5.74, 6) is -0.155. The predicted octanol–water partition coefficient (Wildman–Crippen LogP) is 2.67. The number of fused-ring (bicyclic) bond motifs is 3. The van der Waals surface area contributed by atoms with Gasteiger partial charge < -0.3 is 4.57 Å². The van der Waals surface area contributed by atoms with E-state index in [4.69, 9.17) is 0 Å². The molecule has 0 atom stereocenters. The first-order chi connectivity index (χ1) is 7.79. The van der Waals surface area contributed by atoms with E-state index in [1.807, 2.05) is 12.4 Å². The van der Waals surface area contributed by atoms with Crippen molar-refractivity contribution in [1.82, 2.24) is 9.55 Å². The molecule has 2 aromatic rings. The summed E-state index contributed by atoms with van der Waals surface area (Å²) in [5, 5.41) is 0. The molecule has 0 radical (unpaired) electrons. The van der Waals surface area contributed by atoms with E-state index in [1.54, 1.807) is 6.07 Å². The molecule has 16 heavy (non-hydrogen) atoms. The highest BCUT2D eigenvalue weighted by Crippen LogP contribution is 2.27. The number of hydrogen-bond acceptors (Lipinski definition) is 1. The molecule has 1 aliphatic heterocycles. The van der Waals surface area contributed by atoms with Crippen LogP contribution in [0.3, 0.4) is 0 Å². The Morgan fingerprint density at radius 1 is 1.38 bits per heavy atom. The van der Waals surface area contributed by atoms with Crippen molar-refractivity contribution in [3.05, 3.63) is 47.3 Å². The van der Waals surface area contributed by atoms with Crippen molar-refractivity contribution < 1.29 is 4.39 Å². The second-order valence-corrected chi connectivity index (χ2v) is 4.13. The minimum absolute atomic E-state index is 0.155. The molecule has 0 amide bonds. The minimum Gasteiger partial charge on any atom is -0.303 e. The molecule has 0 unspecified atom stereocenters. The molecular formula is C13H13FN2. The van der Waals surface area contributed by atoms with E-state index in [1.165, 1.54) is 11.8 Å². The molecular weight excluding hydrogens is 203 g/mol. The van der Waals surface area contributed by atoms with Crippen molar-refractivity contribution in [2.45, 2.75) is 26.2 Å². The van der Waals surface area contributed by atoms with Gasteiger partial charge in [-0.05, 0) is 43.0 Å². The fourth-order valence-corrected chi connectivity index (χ4v) is 2.42. The molecule has 0 saturated heterocycles. The van der Waals surface area contributed by atoms with Crippen LogP contribution in [0.25, 0.3) is 5.69 Å². The maximum absolute atomic E-state index is 13.1. The van der Waals surface area contributed by atoms with Crippen LogP contribution in [-0.2, 0) is 19.3 Å². The van der Waals surface area contributed by atoms with E-state index in [-0.39, 0.29) is 5.82 Å². The molecule has 1 aliphatic rings. The van der Waals surface area contributed by atoms with Gasteiger partial charge in [0.2, 0.25) is 0 Å². The molecule has 82 valence electrons. The monoisotopic (exact) mass is 216 g/mol. The lowest BCUT2D eigenvalue weighted by Gasteiger charge is -2.19. The number of nitrogens with zero attached hydrogens (tertiary/aromatic N) is 2. The smallest absolute Gasteiger partial charge is 0.123 e. The fourth-order valence-electron chi connectivity index (χ4n) is 2.42. The van der Waals surface area contributed by atoms with Crippen LogP contribution in [0.2, 0.25) is 0 Å². The fraction of sp³-hybridized carbons (Fsp3) is 0.308. The van der Waals surface area contributed by atoms with E-state index >= 15 is 0 Å². The Morgan fingerprint density at radius 3 is 3.06 bits per heavy atom. The Labute approximate surface area is 93.7 Å². The summed E-state index contributed by atoms with van der Waals surface area (Å²) in [6.07, 6.45) is 4.67. The topological polar surface area (TPSA) is 17.8 Å². The van der Waals surface area contributed by atoms with Crippen molar-refractivity contribution in [2.75, 3.05) is 0 Å². The van der Waals surface area contributed by atoms with Crippen LogP contribution in [0.5, 0.6) is 0 Å². The number of aryl methyl sites for hydroxylation is 2. The summed E-state index contributed by atoms with van der Waals surface area (Å²) < 4.78 is 15.2. The van der Waals surface area contributed by atoms with Crippen LogP contribution in [0.4, 0.5) is 4.39 Å². The second-order valence-electron chi connectivity index (χ2n) is 4.13. The molecule has 2 nitrogen and oxygen atoms in total. The van der Waals surface area contributed by atoms with Gasteiger partial charge in [0.1, 0.15) is 5.82 Å². The highest BCUT2D eigenvalue weighted by Gasteiger charge is 2.18. The zero-order valence-electron chi connectivity index (χ0n) is 9.20. The molecule has 2 heterocycles. The lowest BCUT2D eigenvalue weighted by molar-refractivity contribution is 0.622. The predicted molar refractivity (Wildman–Crippen MR) is 60.3 cm³/mol. The van der Waals surface area contributed by atoms with Crippen LogP contribution in [0.15, 0.2) is 24.5 Å². The van der Waals surface area contributed by atoms with Gasteiger partial charge in [0, 0.05) is 5.69 Å². The summed E-state index contributed by atoms with van der Waals surface area (Å²) in [6.45, 7) is 2.11. The molecule has 0 bridgehead atoms. The van der Waals surface area contributed by atoms with Crippen LogP contribution in [-0.4, -0.2) is 9.55 Å². The Hall–Kier alpha value is -1.64. The zero-order chi connectivity index (χ0) is 11.1. The largest absolute Gasteiger partial charge is 0.303 e. The molecule has 3 rings (SSSR count). The third-order valence-corrected chi connectivity index (χ3v) is 3.22. The van der Waals surface area contributed by atoms with Gasteiger partial charge >= 0.3 is 0 Å². The first kappa shape index (κ1) is 9.58. The van der Waals surface area contributed by atoms with Gasteiger partial charge in [0.05, 0.1) is 17.7 Å². The van der Waals surface area contributed by atoms with E-state index in [2.05, 4.69) is 16.5 Å². The Bertz CT molecular complexity index is 543. The number of hydrogen-bond donors (Lipinski definition) is 0. The maximum Gasteiger partial charge on any atom is 0.123 e. The quantitative estimate of drug-likeness (QED) is 0.716. The molecule has 0 fully saturated rings. The van der Waals surface area contributed by atoms with Crippen LogP contribution in [0, 0.1) is 5.82 Å². The minimum atomic E-state index is -0.155. The lowest BCUT2D eigenvalue weighted by atomic mass is 10.00. The van der Waals surface area contributed by atoms with Crippen molar-refractivity contribution >= 4 is 0 Å². The van der Waals surface area contributed by atoms with E-state index in [0.717, 1.165) is 36.2 Å². The Balaban J connectivity index is 2.20. The standard InChI is InChI=1S/C13H13FN2/c1-2-11-13-5-3-9-7-10(14)4-6-12(9)16(13)8-15-11/h4,6-8H,2-3,5H2,1H3. The SMILES string of the molecule is CCc1ncn2c1CCc1cc(F)ccc1-2. The average Bonchev–Trinajstić information content (AvgIpc) is 2.71. The van der Waals surface area contributed by atoms with Crippen molar-refractivity contribution in [1.29, 1.82) is 0 Å². The summed E-state index contributed by atoms with van der Waals surface area (Å²) in [7, 11) is 0. The number of aromatic nitrogens is 2. The first-order valence-electron chi connectivity index (χ1n) is 5.63. The van der Waals surface area contributed by atoms with E-state index < -0.39 is 0 Å². The maximum atomic E-state index is 13.1. The van der Waals surface area contributed by atoms with Crippen molar-refractivity contribution in [2.24, 2.45) is 0 Å². The molecule has 1 aromatic heterocycles. The molecule has 0 N–H and O–H groups in total. The van der Waals surface area contributed by atoms with Crippen molar-refractivity contribution in [3.63, 3.8) is 0 Å². The van der Waals surface area contributed by atoms with Gasteiger partial charge in [-0.2, -0.15) is 0 Å². The molecule has 1 aromatic carbocycles. The van der Waals surface area contributed by atoms with E-state index in [0.29, 0.717) is 0 Å². The van der Waals surface area contributed by atoms with Crippen molar-refractivity contribution in [3.8, 4) is 5.69 Å². The highest BCUT2D eigenvalue weighted by molar-refractivity contribution is 5.46. The Kier molecular flexibility index (Phi) is 2.06. The molecule has 0 spiro atoms. The normalized spacial score (nSPS) is 13.4. The average molecular weight is 216 g/mol. The van der Waals surface area contributed by atoms with Crippen LogP contribution < -0.4 is 0 Å². The number of imidazole rings is 1. The van der Waals surface area contributed by atoms with Crippen LogP contribution >= 0.6 is 0 Å².